The van der Waals surface area contributed by atoms with E-state index in [4.69, 9.17) is 0 Å². The highest BCUT2D eigenvalue weighted by atomic mass is 16.3. The first-order valence-corrected chi connectivity index (χ1v) is 6.67. The van der Waals surface area contributed by atoms with Crippen molar-refractivity contribution in [3.05, 3.63) is 62.8 Å². The van der Waals surface area contributed by atoms with E-state index in [0.717, 1.165) is 16.7 Å². The molecule has 20 heavy (non-hydrogen) atoms. The highest BCUT2D eigenvalue weighted by Gasteiger charge is 2.15. The number of aromatic nitrogens is 2. The third-order valence-electron chi connectivity index (χ3n) is 3.46. The maximum Gasteiger partial charge on any atom is 0.253 e. The SMILES string of the molecule is Cc1cc(C)c(C(O)Cn2cnc(C)cc2=O)c(C)c1. The molecule has 1 aromatic carbocycles. The van der Waals surface area contributed by atoms with Gasteiger partial charge < -0.3 is 5.11 Å². The fourth-order valence-corrected chi connectivity index (χ4v) is 2.65. The van der Waals surface area contributed by atoms with Gasteiger partial charge in [-0.25, -0.2) is 4.98 Å². The normalized spacial score (nSPS) is 12.4. The van der Waals surface area contributed by atoms with Crippen LogP contribution in [-0.2, 0) is 6.54 Å². The predicted molar refractivity (Wildman–Crippen MR) is 78.8 cm³/mol. The summed E-state index contributed by atoms with van der Waals surface area (Å²) in [6.07, 6.45) is 0.775. The van der Waals surface area contributed by atoms with E-state index >= 15 is 0 Å². The van der Waals surface area contributed by atoms with Crippen molar-refractivity contribution in [1.29, 1.82) is 0 Å². The Morgan fingerprint density at radius 1 is 1.15 bits per heavy atom. The van der Waals surface area contributed by atoms with Crippen molar-refractivity contribution in [2.24, 2.45) is 0 Å². The van der Waals surface area contributed by atoms with Gasteiger partial charge in [0.15, 0.2) is 0 Å². The van der Waals surface area contributed by atoms with Crippen molar-refractivity contribution in [1.82, 2.24) is 9.55 Å². The zero-order chi connectivity index (χ0) is 14.9. The Labute approximate surface area is 118 Å². The predicted octanol–water partition coefficient (Wildman–Crippen LogP) is 2.21. The highest BCUT2D eigenvalue weighted by Crippen LogP contribution is 2.24. The van der Waals surface area contributed by atoms with Crippen molar-refractivity contribution in [3.8, 4) is 0 Å². The Morgan fingerprint density at radius 3 is 2.30 bits per heavy atom. The number of rotatable bonds is 3. The number of hydrogen-bond acceptors (Lipinski definition) is 3. The zero-order valence-electron chi connectivity index (χ0n) is 12.3. The van der Waals surface area contributed by atoms with E-state index in [9.17, 15) is 9.90 Å². The minimum absolute atomic E-state index is 0.140. The van der Waals surface area contributed by atoms with Gasteiger partial charge in [0.05, 0.1) is 19.0 Å². The Kier molecular flexibility index (Phi) is 4.04. The number of aryl methyl sites for hydroxylation is 4. The summed E-state index contributed by atoms with van der Waals surface area (Å²) in [5.74, 6) is 0. The van der Waals surface area contributed by atoms with Crippen molar-refractivity contribution in [2.45, 2.75) is 40.3 Å². The van der Waals surface area contributed by atoms with Crippen LogP contribution in [-0.4, -0.2) is 14.7 Å². The molecule has 0 aliphatic carbocycles. The fraction of sp³-hybridized carbons (Fsp3) is 0.375. The van der Waals surface area contributed by atoms with Gasteiger partial charge in [-0.2, -0.15) is 0 Å². The summed E-state index contributed by atoms with van der Waals surface area (Å²) in [6.45, 7) is 7.99. The lowest BCUT2D eigenvalue weighted by molar-refractivity contribution is 0.153. The molecule has 0 aliphatic rings. The van der Waals surface area contributed by atoms with Crippen molar-refractivity contribution in [2.75, 3.05) is 0 Å². The summed E-state index contributed by atoms with van der Waals surface area (Å²) in [7, 11) is 0. The van der Waals surface area contributed by atoms with Crippen LogP contribution in [0.25, 0.3) is 0 Å². The molecule has 0 amide bonds. The van der Waals surface area contributed by atoms with Gasteiger partial charge in [0.1, 0.15) is 0 Å². The van der Waals surface area contributed by atoms with E-state index in [1.165, 1.54) is 22.5 Å². The van der Waals surface area contributed by atoms with Crippen molar-refractivity contribution >= 4 is 0 Å². The molecule has 1 aromatic heterocycles. The minimum Gasteiger partial charge on any atom is -0.387 e. The summed E-state index contributed by atoms with van der Waals surface area (Å²) in [4.78, 5) is 15.9. The molecule has 1 atom stereocenters. The summed E-state index contributed by atoms with van der Waals surface area (Å²) in [6, 6.07) is 5.56. The molecule has 0 saturated heterocycles. The lowest BCUT2D eigenvalue weighted by Crippen LogP contribution is -2.24. The van der Waals surface area contributed by atoms with Gasteiger partial charge in [0.25, 0.3) is 5.56 Å². The van der Waals surface area contributed by atoms with Crippen LogP contribution in [0.15, 0.2) is 29.3 Å². The monoisotopic (exact) mass is 272 g/mol. The smallest absolute Gasteiger partial charge is 0.253 e. The Hall–Kier alpha value is -1.94. The fourth-order valence-electron chi connectivity index (χ4n) is 2.65. The first-order valence-electron chi connectivity index (χ1n) is 6.67. The van der Waals surface area contributed by atoms with Crippen LogP contribution in [0.1, 0.15) is 34.1 Å². The van der Waals surface area contributed by atoms with Crippen LogP contribution < -0.4 is 5.56 Å². The number of aliphatic hydroxyl groups is 1. The van der Waals surface area contributed by atoms with Crippen molar-refractivity contribution < 1.29 is 5.11 Å². The van der Waals surface area contributed by atoms with Crippen LogP contribution >= 0.6 is 0 Å². The molecule has 4 nitrogen and oxygen atoms in total. The van der Waals surface area contributed by atoms with Gasteiger partial charge in [0.2, 0.25) is 0 Å². The molecule has 4 heteroatoms. The Morgan fingerprint density at radius 2 is 1.75 bits per heavy atom. The maximum absolute atomic E-state index is 11.8. The van der Waals surface area contributed by atoms with E-state index in [0.29, 0.717) is 5.69 Å². The summed E-state index contributed by atoms with van der Waals surface area (Å²) >= 11 is 0. The molecule has 0 radical (unpaired) electrons. The second kappa shape index (κ2) is 5.59. The van der Waals surface area contributed by atoms with Gasteiger partial charge in [-0.3, -0.25) is 9.36 Å². The Bertz CT molecular complexity index is 666. The molecule has 106 valence electrons. The molecular weight excluding hydrogens is 252 g/mol. The number of benzene rings is 1. The zero-order valence-corrected chi connectivity index (χ0v) is 12.3. The third kappa shape index (κ3) is 2.96. The molecule has 0 fully saturated rings. The lowest BCUT2D eigenvalue weighted by atomic mass is 9.95. The second-order valence-electron chi connectivity index (χ2n) is 5.35. The molecular formula is C16H20N2O2. The maximum atomic E-state index is 11.8. The summed E-state index contributed by atoms with van der Waals surface area (Å²) in [5.41, 5.74) is 4.70. The van der Waals surface area contributed by atoms with Crippen LogP contribution in [0.3, 0.4) is 0 Å². The van der Waals surface area contributed by atoms with Crippen LogP contribution in [0.5, 0.6) is 0 Å². The van der Waals surface area contributed by atoms with Gasteiger partial charge in [0, 0.05) is 11.8 Å². The molecule has 1 unspecified atom stereocenters. The lowest BCUT2D eigenvalue weighted by Gasteiger charge is -2.18. The summed E-state index contributed by atoms with van der Waals surface area (Å²) in [5, 5.41) is 10.4. The van der Waals surface area contributed by atoms with E-state index < -0.39 is 6.10 Å². The van der Waals surface area contributed by atoms with Gasteiger partial charge in [-0.1, -0.05) is 17.7 Å². The van der Waals surface area contributed by atoms with Crippen molar-refractivity contribution in [3.63, 3.8) is 0 Å². The average Bonchev–Trinajstić information content (AvgIpc) is 2.31. The first-order chi connectivity index (χ1) is 9.38. The number of nitrogens with zero attached hydrogens (tertiary/aromatic N) is 2. The molecule has 2 rings (SSSR count). The van der Waals surface area contributed by atoms with Gasteiger partial charge in [-0.15, -0.1) is 0 Å². The molecule has 2 aromatic rings. The minimum atomic E-state index is -0.710. The van der Waals surface area contributed by atoms with E-state index in [1.807, 2.05) is 32.9 Å². The molecule has 1 heterocycles. The molecule has 0 aliphatic heterocycles. The second-order valence-corrected chi connectivity index (χ2v) is 5.35. The largest absolute Gasteiger partial charge is 0.387 e. The first kappa shape index (κ1) is 14.5. The van der Waals surface area contributed by atoms with Crippen LogP contribution in [0, 0.1) is 27.7 Å². The van der Waals surface area contributed by atoms with Gasteiger partial charge in [-0.05, 0) is 44.4 Å². The number of aliphatic hydroxyl groups excluding tert-OH is 1. The van der Waals surface area contributed by atoms with Crippen LogP contribution in [0.4, 0.5) is 0 Å². The van der Waals surface area contributed by atoms with E-state index in [1.54, 1.807) is 6.92 Å². The average molecular weight is 272 g/mol. The third-order valence-corrected chi connectivity index (χ3v) is 3.46. The summed E-state index contributed by atoms with van der Waals surface area (Å²) < 4.78 is 1.44. The molecule has 1 N–H and O–H groups in total. The van der Waals surface area contributed by atoms with E-state index in [-0.39, 0.29) is 12.1 Å². The topological polar surface area (TPSA) is 55.1 Å². The highest BCUT2D eigenvalue weighted by molar-refractivity contribution is 5.38. The quantitative estimate of drug-likeness (QED) is 0.932. The van der Waals surface area contributed by atoms with E-state index in [2.05, 4.69) is 4.98 Å². The Balaban J connectivity index is 2.33. The molecule has 0 bridgehead atoms. The number of hydrogen-bond donors (Lipinski definition) is 1. The molecule has 0 spiro atoms. The molecule has 0 saturated carbocycles. The van der Waals surface area contributed by atoms with Crippen LogP contribution in [0.2, 0.25) is 0 Å². The standard InChI is InChI=1S/C16H20N2O2/c1-10-5-11(2)16(12(3)6-10)14(19)8-18-9-17-13(4)7-15(18)20/h5-7,9,14,19H,8H2,1-4H3. The van der Waals surface area contributed by atoms with Gasteiger partial charge >= 0.3 is 0 Å².